The third kappa shape index (κ3) is 4.52. The quantitative estimate of drug-likeness (QED) is 0.188. The molecular weight excluding hydrogens is 611 g/mol. The van der Waals surface area contributed by atoms with Crippen molar-refractivity contribution in [3.63, 3.8) is 0 Å². The Labute approximate surface area is 288 Å². The van der Waals surface area contributed by atoms with E-state index in [1.165, 1.54) is 21.5 Å². The lowest BCUT2D eigenvalue weighted by Gasteiger charge is -2.16. The summed E-state index contributed by atoms with van der Waals surface area (Å²) in [4.78, 5) is 14.9. The Morgan fingerprint density at radius 2 is 0.820 bits per heavy atom. The average molecular weight is 640 g/mol. The van der Waals surface area contributed by atoms with Crippen LogP contribution in [0, 0.1) is 0 Å². The first kappa shape index (κ1) is 28.2. The van der Waals surface area contributed by atoms with Gasteiger partial charge in [0.15, 0.2) is 5.82 Å². The van der Waals surface area contributed by atoms with Crippen LogP contribution in [0.3, 0.4) is 0 Å². The number of para-hydroxylation sites is 3. The third-order valence-electron chi connectivity index (χ3n) is 9.60. The van der Waals surface area contributed by atoms with E-state index in [0.29, 0.717) is 5.82 Å². The molecule has 0 fully saturated rings. The fourth-order valence-corrected chi connectivity index (χ4v) is 7.37. The molecule has 6 aromatic carbocycles. The van der Waals surface area contributed by atoms with Crippen molar-refractivity contribution >= 4 is 43.6 Å². The molecule has 10 rings (SSSR count). The second-order valence-corrected chi connectivity index (χ2v) is 12.5. The number of rotatable bonds is 5. The van der Waals surface area contributed by atoms with E-state index in [2.05, 4.69) is 154 Å². The standard InChI is InChI=1S/C45H29N5/c1-3-13-30(14-4-1)39-28-40(48-45(47-39)31-15-5-2-6-16-31)32-25-33(49-41-20-10-7-17-35(41)36-18-8-11-21-42(36)49)27-34(26-32)50-43-22-12-9-19-37(43)38-23-24-46-29-44(38)50/h1-29H. The summed E-state index contributed by atoms with van der Waals surface area (Å²) in [6.07, 6.45) is 3.84. The predicted octanol–water partition coefficient (Wildman–Crippen LogP) is 11.1. The maximum atomic E-state index is 5.25. The summed E-state index contributed by atoms with van der Waals surface area (Å²) in [5, 5.41) is 4.79. The molecule has 0 aliphatic rings. The Morgan fingerprint density at radius 3 is 1.40 bits per heavy atom. The first-order valence-corrected chi connectivity index (χ1v) is 16.8. The largest absolute Gasteiger partial charge is 0.309 e. The average Bonchev–Trinajstić information content (AvgIpc) is 3.71. The van der Waals surface area contributed by atoms with Crippen LogP contribution in [-0.4, -0.2) is 24.1 Å². The Balaban J connectivity index is 1.31. The van der Waals surface area contributed by atoms with Crippen LogP contribution in [0.25, 0.3) is 88.9 Å². The molecule has 50 heavy (non-hydrogen) atoms. The van der Waals surface area contributed by atoms with Gasteiger partial charge in [0.2, 0.25) is 0 Å². The Kier molecular flexibility index (Phi) is 6.42. The Hall–Kier alpha value is -6.85. The van der Waals surface area contributed by atoms with Crippen LogP contribution >= 0.6 is 0 Å². The van der Waals surface area contributed by atoms with Crippen LogP contribution < -0.4 is 0 Å². The topological polar surface area (TPSA) is 48.5 Å². The predicted molar refractivity (Wildman–Crippen MR) is 205 cm³/mol. The molecule has 0 atom stereocenters. The maximum Gasteiger partial charge on any atom is 0.160 e. The molecular formula is C45H29N5. The van der Waals surface area contributed by atoms with Gasteiger partial charge in [-0.1, -0.05) is 115 Å². The first-order valence-electron chi connectivity index (χ1n) is 16.8. The van der Waals surface area contributed by atoms with E-state index in [0.717, 1.165) is 61.5 Å². The molecule has 234 valence electrons. The zero-order valence-electron chi connectivity index (χ0n) is 27.0. The number of hydrogen-bond donors (Lipinski definition) is 0. The highest BCUT2D eigenvalue weighted by molar-refractivity contribution is 6.10. The minimum Gasteiger partial charge on any atom is -0.309 e. The highest BCUT2D eigenvalue weighted by Gasteiger charge is 2.19. The van der Waals surface area contributed by atoms with Gasteiger partial charge in [0.05, 0.1) is 39.7 Å². The second kappa shape index (κ2) is 11.4. The Bertz CT molecular complexity index is 2570. The van der Waals surface area contributed by atoms with E-state index in [9.17, 15) is 0 Å². The molecule has 10 aromatic rings. The van der Waals surface area contributed by atoms with Gasteiger partial charge in [-0.25, -0.2) is 9.97 Å². The summed E-state index contributed by atoms with van der Waals surface area (Å²) < 4.78 is 4.71. The van der Waals surface area contributed by atoms with E-state index in [-0.39, 0.29) is 0 Å². The highest BCUT2D eigenvalue weighted by Crippen LogP contribution is 2.38. The number of nitrogens with zero attached hydrogens (tertiary/aromatic N) is 5. The summed E-state index contributed by atoms with van der Waals surface area (Å²) in [5.41, 5.74) is 11.3. The van der Waals surface area contributed by atoms with Crippen molar-refractivity contribution in [1.82, 2.24) is 24.1 Å². The number of fused-ring (bicyclic) bond motifs is 6. The zero-order valence-corrected chi connectivity index (χ0v) is 27.0. The van der Waals surface area contributed by atoms with Crippen molar-refractivity contribution < 1.29 is 0 Å². The van der Waals surface area contributed by atoms with E-state index in [1.807, 2.05) is 36.7 Å². The third-order valence-corrected chi connectivity index (χ3v) is 9.60. The molecule has 5 nitrogen and oxygen atoms in total. The van der Waals surface area contributed by atoms with Gasteiger partial charge in [0.1, 0.15) is 0 Å². The molecule has 0 saturated carbocycles. The Morgan fingerprint density at radius 1 is 0.360 bits per heavy atom. The van der Waals surface area contributed by atoms with Crippen molar-refractivity contribution in [2.45, 2.75) is 0 Å². The molecule has 4 heterocycles. The summed E-state index contributed by atoms with van der Waals surface area (Å²) in [6, 6.07) is 57.5. The normalized spacial score (nSPS) is 11.6. The summed E-state index contributed by atoms with van der Waals surface area (Å²) >= 11 is 0. The van der Waals surface area contributed by atoms with Crippen molar-refractivity contribution in [3.8, 4) is 45.3 Å². The molecule has 0 aliphatic heterocycles. The van der Waals surface area contributed by atoms with Crippen molar-refractivity contribution in [2.75, 3.05) is 0 Å². The minimum atomic E-state index is 0.687. The van der Waals surface area contributed by atoms with Crippen LogP contribution in [0.2, 0.25) is 0 Å². The molecule has 5 heteroatoms. The van der Waals surface area contributed by atoms with Gasteiger partial charge in [-0.2, -0.15) is 0 Å². The first-order chi connectivity index (χ1) is 24.8. The number of pyridine rings is 1. The monoisotopic (exact) mass is 639 g/mol. The maximum absolute atomic E-state index is 5.25. The van der Waals surface area contributed by atoms with Gasteiger partial charge in [-0.05, 0) is 48.5 Å². The van der Waals surface area contributed by atoms with Crippen molar-refractivity contribution in [1.29, 1.82) is 0 Å². The van der Waals surface area contributed by atoms with Gasteiger partial charge in [-0.15, -0.1) is 0 Å². The number of aromatic nitrogens is 5. The molecule has 0 bridgehead atoms. The van der Waals surface area contributed by atoms with Gasteiger partial charge < -0.3 is 9.13 Å². The summed E-state index contributed by atoms with van der Waals surface area (Å²) in [5.74, 6) is 0.687. The number of benzene rings is 6. The second-order valence-electron chi connectivity index (χ2n) is 12.5. The van der Waals surface area contributed by atoms with Gasteiger partial charge in [0, 0.05) is 55.8 Å². The number of hydrogen-bond acceptors (Lipinski definition) is 3. The van der Waals surface area contributed by atoms with E-state index < -0.39 is 0 Å². The van der Waals surface area contributed by atoms with E-state index in [1.54, 1.807) is 0 Å². The van der Waals surface area contributed by atoms with Gasteiger partial charge in [-0.3, -0.25) is 4.98 Å². The highest BCUT2D eigenvalue weighted by atomic mass is 15.0. The molecule has 0 spiro atoms. The molecule has 0 radical (unpaired) electrons. The minimum absolute atomic E-state index is 0.687. The van der Waals surface area contributed by atoms with Crippen LogP contribution in [-0.2, 0) is 0 Å². The zero-order chi connectivity index (χ0) is 33.0. The molecule has 0 saturated heterocycles. The van der Waals surface area contributed by atoms with Gasteiger partial charge in [0.25, 0.3) is 0 Å². The lowest BCUT2D eigenvalue weighted by molar-refractivity contribution is 1.12. The van der Waals surface area contributed by atoms with Crippen molar-refractivity contribution in [2.24, 2.45) is 0 Å². The summed E-state index contributed by atoms with van der Waals surface area (Å²) in [6.45, 7) is 0. The van der Waals surface area contributed by atoms with Crippen LogP contribution in [0.1, 0.15) is 0 Å². The SMILES string of the molecule is c1ccc(-c2cc(-c3cc(-n4c5ccccc5c5ccccc54)cc(-n4c5ccccc5c5ccncc54)c3)nc(-c3ccccc3)n2)cc1. The fourth-order valence-electron chi connectivity index (χ4n) is 7.37. The molecule has 0 N–H and O–H groups in total. The lowest BCUT2D eigenvalue weighted by atomic mass is 10.0. The van der Waals surface area contributed by atoms with Crippen LogP contribution in [0.5, 0.6) is 0 Å². The van der Waals surface area contributed by atoms with Crippen LogP contribution in [0.4, 0.5) is 0 Å². The smallest absolute Gasteiger partial charge is 0.160 e. The molecule has 4 aromatic heterocycles. The molecule has 0 aliphatic carbocycles. The molecule has 0 amide bonds. The van der Waals surface area contributed by atoms with Crippen LogP contribution in [0.15, 0.2) is 176 Å². The lowest BCUT2D eigenvalue weighted by Crippen LogP contribution is -2.01. The van der Waals surface area contributed by atoms with E-state index in [4.69, 9.17) is 9.97 Å². The molecule has 0 unspecified atom stereocenters. The fraction of sp³-hybridized carbons (Fsp3) is 0. The van der Waals surface area contributed by atoms with E-state index >= 15 is 0 Å². The van der Waals surface area contributed by atoms with Crippen molar-refractivity contribution in [3.05, 3.63) is 176 Å². The summed E-state index contributed by atoms with van der Waals surface area (Å²) in [7, 11) is 0. The van der Waals surface area contributed by atoms with Gasteiger partial charge >= 0.3 is 0 Å².